The first kappa shape index (κ1) is 17.3. The summed E-state index contributed by atoms with van der Waals surface area (Å²) in [7, 11) is 0. The van der Waals surface area contributed by atoms with Crippen LogP contribution in [-0.4, -0.2) is 54.1 Å². The molecule has 138 valence electrons. The van der Waals surface area contributed by atoms with Crippen molar-refractivity contribution in [2.24, 2.45) is 5.92 Å². The number of amides is 1. The summed E-state index contributed by atoms with van der Waals surface area (Å²) >= 11 is 0. The molecule has 4 rings (SSSR count). The number of hydrogen-bond donors (Lipinski definition) is 1. The number of anilines is 1. The smallest absolute Gasteiger partial charge is 0.224 e. The van der Waals surface area contributed by atoms with Crippen LogP contribution in [0.4, 0.5) is 5.82 Å². The molecule has 0 unspecified atom stereocenters. The third-order valence-corrected chi connectivity index (χ3v) is 5.93. The summed E-state index contributed by atoms with van der Waals surface area (Å²) in [5.41, 5.74) is 0.604. The molecular formula is C20H27N5O. The Balaban J connectivity index is 1.29. The van der Waals surface area contributed by atoms with Gasteiger partial charge >= 0.3 is 0 Å². The number of carbonyl (C=O) groups is 1. The largest absolute Gasteiger partial charge is 0.357 e. The van der Waals surface area contributed by atoms with Gasteiger partial charge in [-0.05, 0) is 57.2 Å². The molecule has 6 nitrogen and oxygen atoms in total. The first-order valence-electron chi connectivity index (χ1n) is 9.88. The molecule has 0 radical (unpaired) electrons. The van der Waals surface area contributed by atoms with Crippen LogP contribution in [0.25, 0.3) is 0 Å². The first-order valence-corrected chi connectivity index (χ1v) is 9.88. The number of nitriles is 1. The highest BCUT2D eigenvalue weighted by atomic mass is 16.2. The van der Waals surface area contributed by atoms with Crippen molar-refractivity contribution < 1.29 is 4.79 Å². The summed E-state index contributed by atoms with van der Waals surface area (Å²) in [6.45, 7) is 4.00. The van der Waals surface area contributed by atoms with Gasteiger partial charge in [-0.3, -0.25) is 9.69 Å². The van der Waals surface area contributed by atoms with Crippen LogP contribution < -0.4 is 10.2 Å². The topological polar surface area (TPSA) is 72.3 Å². The molecular weight excluding hydrogens is 326 g/mol. The van der Waals surface area contributed by atoms with Crippen LogP contribution >= 0.6 is 0 Å². The summed E-state index contributed by atoms with van der Waals surface area (Å²) in [5.74, 6) is 1.40. The van der Waals surface area contributed by atoms with Crippen molar-refractivity contribution in [3.8, 4) is 6.07 Å². The Morgan fingerprint density at radius 3 is 2.62 bits per heavy atom. The highest BCUT2D eigenvalue weighted by molar-refractivity contribution is 5.79. The molecule has 2 aliphatic heterocycles. The van der Waals surface area contributed by atoms with Crippen molar-refractivity contribution in [3.05, 3.63) is 23.9 Å². The predicted octanol–water partition coefficient (Wildman–Crippen LogP) is 1.91. The minimum absolute atomic E-state index is 0.169. The first-order chi connectivity index (χ1) is 12.7. The molecule has 0 spiro atoms. The van der Waals surface area contributed by atoms with Crippen molar-refractivity contribution in [1.82, 2.24) is 15.2 Å². The molecule has 0 aromatic carbocycles. The van der Waals surface area contributed by atoms with Crippen molar-refractivity contribution in [2.45, 2.75) is 50.6 Å². The van der Waals surface area contributed by atoms with E-state index in [9.17, 15) is 4.79 Å². The number of hydrogen-bond acceptors (Lipinski definition) is 5. The van der Waals surface area contributed by atoms with Crippen LogP contribution in [0.1, 0.15) is 44.1 Å². The molecule has 1 saturated carbocycles. The van der Waals surface area contributed by atoms with Crippen LogP contribution in [0, 0.1) is 17.2 Å². The number of pyridine rings is 1. The van der Waals surface area contributed by atoms with Crippen LogP contribution in [0.3, 0.4) is 0 Å². The minimum atomic E-state index is 0.169. The number of piperidine rings is 2. The van der Waals surface area contributed by atoms with Crippen LogP contribution in [0.15, 0.2) is 18.3 Å². The lowest BCUT2D eigenvalue weighted by Gasteiger charge is -2.42. The van der Waals surface area contributed by atoms with Gasteiger partial charge in [0.05, 0.1) is 11.5 Å². The highest BCUT2D eigenvalue weighted by Gasteiger charge is 2.33. The summed E-state index contributed by atoms with van der Waals surface area (Å²) in [4.78, 5) is 21.7. The zero-order valence-electron chi connectivity index (χ0n) is 15.2. The van der Waals surface area contributed by atoms with Crippen molar-refractivity contribution in [2.75, 3.05) is 31.1 Å². The Hall–Kier alpha value is -2.13. The van der Waals surface area contributed by atoms with Gasteiger partial charge < -0.3 is 10.2 Å². The lowest BCUT2D eigenvalue weighted by Crippen LogP contribution is -2.51. The number of carbonyl (C=O) groups excluding carboxylic acids is 1. The predicted molar refractivity (Wildman–Crippen MR) is 99.6 cm³/mol. The van der Waals surface area contributed by atoms with Crippen molar-refractivity contribution in [3.63, 3.8) is 0 Å². The molecule has 2 saturated heterocycles. The lowest BCUT2D eigenvalue weighted by atomic mass is 9.93. The fourth-order valence-electron chi connectivity index (χ4n) is 4.20. The Bertz CT molecular complexity index is 670. The zero-order chi connectivity index (χ0) is 17.9. The van der Waals surface area contributed by atoms with E-state index in [1.807, 2.05) is 12.1 Å². The number of nitrogens with one attached hydrogen (secondary N) is 1. The van der Waals surface area contributed by atoms with E-state index >= 15 is 0 Å². The van der Waals surface area contributed by atoms with E-state index in [0.717, 1.165) is 70.5 Å². The van der Waals surface area contributed by atoms with Gasteiger partial charge in [0.15, 0.2) is 0 Å². The standard InChI is InChI=1S/C20H27N5O/c21-12-15-3-6-19(22-13-15)24-10-7-18(8-11-24)25-9-1-2-16(14-25)20(26)23-17-4-5-17/h3,6,13,16-18H,1-2,4-5,7-11,14H2,(H,23,26)/t16-/m0/s1. The second-order valence-corrected chi connectivity index (χ2v) is 7.85. The maximum atomic E-state index is 12.4. The molecule has 1 aliphatic carbocycles. The Labute approximate surface area is 155 Å². The van der Waals surface area contributed by atoms with Crippen LogP contribution in [-0.2, 0) is 4.79 Å². The number of aromatic nitrogens is 1. The number of likely N-dealkylation sites (tertiary alicyclic amines) is 1. The third-order valence-electron chi connectivity index (χ3n) is 5.93. The molecule has 1 aromatic rings. The van der Waals surface area contributed by atoms with Crippen molar-refractivity contribution >= 4 is 11.7 Å². The van der Waals surface area contributed by atoms with Gasteiger partial charge in [0.1, 0.15) is 11.9 Å². The maximum absolute atomic E-state index is 12.4. The fraction of sp³-hybridized carbons (Fsp3) is 0.650. The average molecular weight is 353 g/mol. The molecule has 3 fully saturated rings. The SMILES string of the molecule is N#Cc1ccc(N2CCC(N3CCC[C@H](C(=O)NC4CC4)C3)CC2)nc1. The zero-order valence-corrected chi connectivity index (χ0v) is 15.2. The Kier molecular flexibility index (Phi) is 5.07. The van der Waals surface area contributed by atoms with Gasteiger partial charge in [-0.1, -0.05) is 0 Å². The molecule has 26 heavy (non-hydrogen) atoms. The van der Waals surface area contributed by atoms with E-state index in [4.69, 9.17) is 5.26 Å². The van der Waals surface area contributed by atoms with E-state index in [0.29, 0.717) is 17.6 Å². The van der Waals surface area contributed by atoms with Gasteiger partial charge in [0, 0.05) is 37.9 Å². The summed E-state index contributed by atoms with van der Waals surface area (Å²) in [5, 5.41) is 12.1. The van der Waals surface area contributed by atoms with Gasteiger partial charge in [-0.15, -0.1) is 0 Å². The minimum Gasteiger partial charge on any atom is -0.357 e. The van der Waals surface area contributed by atoms with Crippen LogP contribution in [0.5, 0.6) is 0 Å². The molecule has 1 N–H and O–H groups in total. The van der Waals surface area contributed by atoms with Gasteiger partial charge in [0.2, 0.25) is 5.91 Å². The van der Waals surface area contributed by atoms with E-state index in [-0.39, 0.29) is 11.8 Å². The van der Waals surface area contributed by atoms with Gasteiger partial charge in [0.25, 0.3) is 0 Å². The lowest BCUT2D eigenvalue weighted by molar-refractivity contribution is -0.127. The van der Waals surface area contributed by atoms with E-state index in [1.54, 1.807) is 6.20 Å². The second-order valence-electron chi connectivity index (χ2n) is 7.85. The third kappa shape index (κ3) is 3.99. The fourth-order valence-corrected chi connectivity index (χ4v) is 4.20. The molecule has 3 aliphatic rings. The maximum Gasteiger partial charge on any atom is 0.224 e. The summed E-state index contributed by atoms with van der Waals surface area (Å²) in [6, 6.07) is 6.92. The number of nitrogens with zero attached hydrogens (tertiary/aromatic N) is 4. The molecule has 1 amide bonds. The van der Waals surface area contributed by atoms with Crippen LogP contribution in [0.2, 0.25) is 0 Å². The van der Waals surface area contributed by atoms with Gasteiger partial charge in [-0.25, -0.2) is 4.98 Å². The van der Waals surface area contributed by atoms with E-state index in [2.05, 4.69) is 26.2 Å². The monoisotopic (exact) mass is 353 g/mol. The Morgan fingerprint density at radius 1 is 1.15 bits per heavy atom. The number of rotatable bonds is 4. The summed E-state index contributed by atoms with van der Waals surface area (Å²) < 4.78 is 0. The van der Waals surface area contributed by atoms with E-state index < -0.39 is 0 Å². The molecule has 3 heterocycles. The van der Waals surface area contributed by atoms with Gasteiger partial charge in [-0.2, -0.15) is 5.26 Å². The molecule has 0 bridgehead atoms. The second kappa shape index (κ2) is 7.63. The molecule has 1 aromatic heterocycles. The average Bonchev–Trinajstić information content (AvgIpc) is 3.52. The summed E-state index contributed by atoms with van der Waals surface area (Å²) in [6.07, 6.45) is 8.34. The molecule has 6 heteroatoms. The Morgan fingerprint density at radius 2 is 1.96 bits per heavy atom. The molecule has 1 atom stereocenters. The van der Waals surface area contributed by atoms with E-state index in [1.165, 1.54) is 0 Å². The normalized spacial score (nSPS) is 24.9. The van der Waals surface area contributed by atoms with Crippen molar-refractivity contribution in [1.29, 1.82) is 5.26 Å². The quantitative estimate of drug-likeness (QED) is 0.895. The highest BCUT2D eigenvalue weighted by Crippen LogP contribution is 2.27.